The van der Waals surface area contributed by atoms with E-state index in [-0.39, 0.29) is 5.91 Å². The molecule has 7 heteroatoms. The molecule has 6 nitrogen and oxygen atoms in total. The number of aromatic nitrogens is 2. The summed E-state index contributed by atoms with van der Waals surface area (Å²) in [6.45, 7) is 3.51. The Morgan fingerprint density at radius 1 is 1.15 bits per heavy atom. The van der Waals surface area contributed by atoms with E-state index in [0.717, 1.165) is 60.9 Å². The first-order valence-corrected chi connectivity index (χ1v) is 12.3. The fourth-order valence-electron chi connectivity index (χ4n) is 4.86. The van der Waals surface area contributed by atoms with Gasteiger partial charge in [0.25, 0.3) is 0 Å². The Morgan fingerprint density at radius 2 is 1.88 bits per heavy atom. The number of nitrogens with one attached hydrogen (secondary N) is 1. The minimum absolute atomic E-state index is 0.211. The number of fused-ring (bicyclic) bond motifs is 1. The molecule has 34 heavy (non-hydrogen) atoms. The second-order valence-electron chi connectivity index (χ2n) is 9.43. The van der Waals surface area contributed by atoms with Gasteiger partial charge in [0, 0.05) is 35.3 Å². The van der Waals surface area contributed by atoms with Crippen LogP contribution in [0.5, 0.6) is 0 Å². The van der Waals surface area contributed by atoms with E-state index in [1.165, 1.54) is 12.5 Å². The van der Waals surface area contributed by atoms with E-state index < -0.39 is 5.60 Å². The number of aryl methyl sites for hydroxylation is 1. The Bertz CT molecular complexity index is 1230. The Labute approximate surface area is 204 Å². The van der Waals surface area contributed by atoms with Crippen molar-refractivity contribution in [2.24, 2.45) is 5.92 Å². The average Bonchev–Trinajstić information content (AvgIpc) is 2.78. The van der Waals surface area contributed by atoms with E-state index in [1.807, 2.05) is 37.3 Å². The third-order valence-electron chi connectivity index (χ3n) is 7.22. The van der Waals surface area contributed by atoms with Crippen molar-refractivity contribution in [3.05, 3.63) is 64.8 Å². The van der Waals surface area contributed by atoms with Crippen LogP contribution in [-0.2, 0) is 4.79 Å². The van der Waals surface area contributed by atoms with Crippen molar-refractivity contribution < 1.29 is 9.90 Å². The fourth-order valence-corrected chi connectivity index (χ4v) is 4.99. The number of hydrogen-bond donors (Lipinski definition) is 2. The lowest BCUT2D eigenvalue weighted by molar-refractivity contribution is -0.111. The first-order chi connectivity index (χ1) is 16.4. The average molecular weight is 477 g/mol. The summed E-state index contributed by atoms with van der Waals surface area (Å²) in [5.74, 6) is 0.962. The van der Waals surface area contributed by atoms with Gasteiger partial charge < -0.3 is 15.3 Å². The molecule has 5 rings (SSSR count). The molecule has 0 spiro atoms. The highest BCUT2D eigenvalue weighted by atomic mass is 35.5. The van der Waals surface area contributed by atoms with Crippen LogP contribution in [0.1, 0.15) is 43.4 Å². The molecule has 1 amide bonds. The molecule has 2 heterocycles. The van der Waals surface area contributed by atoms with Crippen molar-refractivity contribution in [3.8, 4) is 0 Å². The lowest BCUT2D eigenvalue weighted by Gasteiger charge is -2.46. The molecule has 1 aromatic heterocycles. The number of halogens is 1. The number of piperidine rings is 1. The van der Waals surface area contributed by atoms with Crippen LogP contribution in [-0.4, -0.2) is 39.7 Å². The van der Waals surface area contributed by atoms with E-state index >= 15 is 0 Å². The summed E-state index contributed by atoms with van der Waals surface area (Å²) in [5.41, 5.74) is 2.79. The number of nitrogens with zero attached hydrogens (tertiary/aromatic N) is 3. The normalized spacial score (nSPS) is 18.3. The van der Waals surface area contributed by atoms with E-state index in [0.29, 0.717) is 22.6 Å². The Morgan fingerprint density at radius 3 is 2.56 bits per heavy atom. The SMILES string of the molecule is Cc1nc(N2CCC(O)(C3CCC3)CC2)nc2ccc(NC(=O)/C=C/c3ccc(Cl)cc3)cc12. The molecule has 1 aliphatic carbocycles. The molecule has 3 aromatic rings. The lowest BCUT2D eigenvalue weighted by Crippen LogP contribution is -2.51. The molecule has 1 aliphatic heterocycles. The summed E-state index contributed by atoms with van der Waals surface area (Å²) in [7, 11) is 0. The van der Waals surface area contributed by atoms with Crippen LogP contribution < -0.4 is 10.2 Å². The number of benzene rings is 2. The molecule has 1 saturated carbocycles. The number of carbonyl (C=O) groups is 1. The van der Waals surface area contributed by atoms with Crippen LogP contribution in [0.15, 0.2) is 48.5 Å². The maximum absolute atomic E-state index is 12.4. The lowest BCUT2D eigenvalue weighted by atomic mass is 9.69. The van der Waals surface area contributed by atoms with Crippen LogP contribution in [0, 0.1) is 12.8 Å². The monoisotopic (exact) mass is 476 g/mol. The second kappa shape index (κ2) is 9.35. The fraction of sp³-hybridized carbons (Fsp3) is 0.370. The number of carbonyl (C=O) groups excluding carboxylic acids is 1. The highest BCUT2D eigenvalue weighted by molar-refractivity contribution is 6.30. The Balaban J connectivity index is 1.27. The summed E-state index contributed by atoms with van der Waals surface area (Å²) < 4.78 is 0. The third kappa shape index (κ3) is 4.79. The summed E-state index contributed by atoms with van der Waals surface area (Å²) in [6, 6.07) is 13.0. The van der Waals surface area contributed by atoms with Gasteiger partial charge in [-0.05, 0) is 80.5 Å². The molecule has 2 fully saturated rings. The topological polar surface area (TPSA) is 78.3 Å². The van der Waals surface area contributed by atoms with E-state index in [1.54, 1.807) is 18.2 Å². The van der Waals surface area contributed by atoms with E-state index in [9.17, 15) is 9.90 Å². The molecular weight excluding hydrogens is 448 g/mol. The highest BCUT2D eigenvalue weighted by Gasteiger charge is 2.42. The molecule has 1 saturated heterocycles. The Hall–Kier alpha value is -2.96. The van der Waals surface area contributed by atoms with Gasteiger partial charge in [-0.2, -0.15) is 0 Å². The number of anilines is 2. The van der Waals surface area contributed by atoms with Gasteiger partial charge in [0.2, 0.25) is 11.9 Å². The van der Waals surface area contributed by atoms with Crippen molar-refractivity contribution in [1.29, 1.82) is 0 Å². The number of aliphatic hydroxyl groups is 1. The molecule has 2 aliphatic rings. The summed E-state index contributed by atoms with van der Waals surface area (Å²) in [5, 5.41) is 15.5. The van der Waals surface area contributed by atoms with Crippen molar-refractivity contribution in [2.75, 3.05) is 23.3 Å². The maximum Gasteiger partial charge on any atom is 0.248 e. The van der Waals surface area contributed by atoms with Gasteiger partial charge in [0.15, 0.2) is 0 Å². The minimum atomic E-state index is -0.518. The van der Waals surface area contributed by atoms with Crippen LogP contribution in [0.3, 0.4) is 0 Å². The van der Waals surface area contributed by atoms with Crippen molar-refractivity contribution in [2.45, 2.75) is 44.6 Å². The van der Waals surface area contributed by atoms with Crippen molar-refractivity contribution >= 4 is 46.1 Å². The van der Waals surface area contributed by atoms with E-state index in [2.05, 4.69) is 10.2 Å². The van der Waals surface area contributed by atoms with Crippen LogP contribution >= 0.6 is 11.6 Å². The third-order valence-corrected chi connectivity index (χ3v) is 7.47. The zero-order valence-electron chi connectivity index (χ0n) is 19.3. The predicted octanol–water partition coefficient (Wildman–Crippen LogP) is 5.37. The zero-order chi connectivity index (χ0) is 23.7. The predicted molar refractivity (Wildman–Crippen MR) is 137 cm³/mol. The number of rotatable bonds is 5. The summed E-state index contributed by atoms with van der Waals surface area (Å²) in [6.07, 6.45) is 8.33. The summed E-state index contributed by atoms with van der Waals surface area (Å²) in [4.78, 5) is 24.1. The first-order valence-electron chi connectivity index (χ1n) is 11.9. The van der Waals surface area contributed by atoms with Crippen LogP contribution in [0.2, 0.25) is 5.02 Å². The van der Waals surface area contributed by atoms with Gasteiger partial charge in [-0.1, -0.05) is 30.2 Å². The summed E-state index contributed by atoms with van der Waals surface area (Å²) >= 11 is 5.90. The second-order valence-corrected chi connectivity index (χ2v) is 9.87. The number of amides is 1. The van der Waals surface area contributed by atoms with Gasteiger partial charge >= 0.3 is 0 Å². The van der Waals surface area contributed by atoms with E-state index in [4.69, 9.17) is 21.6 Å². The van der Waals surface area contributed by atoms with Crippen molar-refractivity contribution in [3.63, 3.8) is 0 Å². The molecule has 176 valence electrons. The standard InChI is InChI=1S/C27H29ClN4O2/c1-18-23-17-22(30-25(33)12-7-19-5-8-21(28)9-6-19)10-11-24(23)31-26(29-18)32-15-13-27(34,14-16-32)20-3-2-4-20/h5-12,17,20,34H,2-4,13-16H2,1H3,(H,30,33)/b12-7+. The zero-order valence-corrected chi connectivity index (χ0v) is 20.1. The van der Waals surface area contributed by atoms with Gasteiger partial charge in [-0.3, -0.25) is 4.79 Å². The first kappa shape index (κ1) is 22.8. The maximum atomic E-state index is 12.4. The van der Waals surface area contributed by atoms with Gasteiger partial charge in [0.1, 0.15) is 0 Å². The molecule has 0 radical (unpaired) electrons. The molecule has 0 unspecified atom stereocenters. The van der Waals surface area contributed by atoms with Gasteiger partial charge in [-0.15, -0.1) is 0 Å². The van der Waals surface area contributed by atoms with Crippen LogP contribution in [0.4, 0.5) is 11.6 Å². The van der Waals surface area contributed by atoms with Gasteiger partial charge in [-0.25, -0.2) is 9.97 Å². The highest BCUT2D eigenvalue weighted by Crippen LogP contribution is 2.42. The smallest absolute Gasteiger partial charge is 0.248 e. The minimum Gasteiger partial charge on any atom is -0.389 e. The Kier molecular flexibility index (Phi) is 6.28. The largest absolute Gasteiger partial charge is 0.389 e. The molecule has 2 aromatic carbocycles. The van der Waals surface area contributed by atoms with Crippen LogP contribution in [0.25, 0.3) is 17.0 Å². The number of hydrogen-bond acceptors (Lipinski definition) is 5. The van der Waals surface area contributed by atoms with Gasteiger partial charge in [0.05, 0.1) is 16.8 Å². The molecule has 0 bridgehead atoms. The molecule has 2 N–H and O–H groups in total. The molecular formula is C27H29ClN4O2. The molecule has 0 atom stereocenters. The quantitative estimate of drug-likeness (QED) is 0.484. The van der Waals surface area contributed by atoms with Crippen molar-refractivity contribution in [1.82, 2.24) is 9.97 Å².